The molecule has 0 saturated carbocycles. The van der Waals surface area contributed by atoms with Gasteiger partial charge in [-0.2, -0.15) is 0 Å². The van der Waals surface area contributed by atoms with E-state index >= 15 is 0 Å². The summed E-state index contributed by atoms with van der Waals surface area (Å²) in [7, 11) is 0. The van der Waals surface area contributed by atoms with Crippen LogP contribution in [0.3, 0.4) is 0 Å². The number of benzene rings is 1. The Balaban J connectivity index is 1.73. The molecule has 1 saturated heterocycles. The van der Waals surface area contributed by atoms with E-state index in [4.69, 9.17) is 0 Å². The number of amides is 2. The molecule has 3 rings (SSSR count). The van der Waals surface area contributed by atoms with E-state index < -0.39 is 0 Å². The first-order chi connectivity index (χ1) is 11.5. The number of hydrogen-bond acceptors (Lipinski definition) is 4. The maximum absolute atomic E-state index is 12.4. The molecule has 0 aliphatic carbocycles. The SMILES string of the molecule is CC(=O)N1CCC(c2ncc(C(=O)Nc3ccccc3)c(C)n2)C1. The van der Waals surface area contributed by atoms with Crippen LogP contribution in [0, 0.1) is 6.92 Å². The van der Waals surface area contributed by atoms with Crippen molar-refractivity contribution in [2.75, 3.05) is 18.4 Å². The van der Waals surface area contributed by atoms with Crippen LogP contribution in [0.2, 0.25) is 0 Å². The fourth-order valence-electron chi connectivity index (χ4n) is 2.88. The van der Waals surface area contributed by atoms with Gasteiger partial charge in [0.2, 0.25) is 5.91 Å². The normalized spacial score (nSPS) is 16.9. The van der Waals surface area contributed by atoms with E-state index in [1.165, 1.54) is 0 Å². The highest BCUT2D eigenvalue weighted by Crippen LogP contribution is 2.25. The van der Waals surface area contributed by atoms with Crippen LogP contribution in [-0.4, -0.2) is 39.8 Å². The predicted octanol–water partition coefficient (Wildman–Crippen LogP) is 2.37. The molecule has 1 unspecified atom stereocenters. The lowest BCUT2D eigenvalue weighted by molar-refractivity contribution is -0.127. The van der Waals surface area contributed by atoms with Crippen molar-refractivity contribution >= 4 is 17.5 Å². The zero-order chi connectivity index (χ0) is 17.1. The van der Waals surface area contributed by atoms with Crippen LogP contribution in [0.1, 0.15) is 41.1 Å². The average Bonchev–Trinajstić information content (AvgIpc) is 3.06. The minimum atomic E-state index is -0.220. The average molecular weight is 324 g/mol. The molecule has 0 radical (unpaired) electrons. The summed E-state index contributed by atoms with van der Waals surface area (Å²) >= 11 is 0. The third-order valence-electron chi connectivity index (χ3n) is 4.27. The van der Waals surface area contributed by atoms with Gasteiger partial charge in [-0.3, -0.25) is 9.59 Å². The molecular weight excluding hydrogens is 304 g/mol. The van der Waals surface area contributed by atoms with E-state index in [2.05, 4.69) is 15.3 Å². The first-order valence-corrected chi connectivity index (χ1v) is 8.00. The van der Waals surface area contributed by atoms with Gasteiger partial charge in [-0.05, 0) is 25.5 Å². The molecule has 1 aliphatic heterocycles. The Morgan fingerprint density at radius 3 is 2.62 bits per heavy atom. The summed E-state index contributed by atoms with van der Waals surface area (Å²) in [6.07, 6.45) is 2.43. The van der Waals surface area contributed by atoms with Crippen molar-refractivity contribution in [3.63, 3.8) is 0 Å². The Morgan fingerprint density at radius 2 is 2.00 bits per heavy atom. The van der Waals surface area contributed by atoms with Crippen LogP contribution < -0.4 is 5.32 Å². The van der Waals surface area contributed by atoms with Crippen LogP contribution >= 0.6 is 0 Å². The minimum Gasteiger partial charge on any atom is -0.342 e. The van der Waals surface area contributed by atoms with Gasteiger partial charge in [-0.15, -0.1) is 0 Å². The number of para-hydroxylation sites is 1. The van der Waals surface area contributed by atoms with Crippen molar-refractivity contribution in [1.82, 2.24) is 14.9 Å². The second kappa shape index (κ2) is 6.78. The van der Waals surface area contributed by atoms with E-state index in [0.29, 0.717) is 23.6 Å². The highest BCUT2D eigenvalue weighted by molar-refractivity contribution is 6.04. The number of carbonyl (C=O) groups excluding carboxylic acids is 2. The summed E-state index contributed by atoms with van der Waals surface area (Å²) in [6.45, 7) is 4.76. The van der Waals surface area contributed by atoms with Gasteiger partial charge in [-0.25, -0.2) is 9.97 Å². The van der Waals surface area contributed by atoms with E-state index in [1.807, 2.05) is 37.3 Å². The first-order valence-electron chi connectivity index (χ1n) is 8.00. The van der Waals surface area contributed by atoms with Gasteiger partial charge in [0.05, 0.1) is 11.3 Å². The van der Waals surface area contributed by atoms with Crippen LogP contribution in [0.15, 0.2) is 36.5 Å². The van der Waals surface area contributed by atoms with Crippen molar-refractivity contribution in [3.8, 4) is 0 Å². The summed E-state index contributed by atoms with van der Waals surface area (Å²) in [6, 6.07) is 9.28. The Hall–Kier alpha value is -2.76. The van der Waals surface area contributed by atoms with Crippen molar-refractivity contribution in [3.05, 3.63) is 53.6 Å². The third-order valence-corrected chi connectivity index (χ3v) is 4.27. The number of rotatable bonds is 3. The van der Waals surface area contributed by atoms with Gasteiger partial charge in [0.1, 0.15) is 5.82 Å². The maximum Gasteiger partial charge on any atom is 0.259 e. The van der Waals surface area contributed by atoms with Crippen molar-refractivity contribution < 1.29 is 9.59 Å². The molecule has 2 aromatic rings. The molecule has 124 valence electrons. The monoisotopic (exact) mass is 324 g/mol. The molecule has 1 aliphatic rings. The van der Waals surface area contributed by atoms with Crippen molar-refractivity contribution in [2.24, 2.45) is 0 Å². The summed E-state index contributed by atoms with van der Waals surface area (Å²) < 4.78 is 0. The van der Waals surface area contributed by atoms with Gasteiger partial charge >= 0.3 is 0 Å². The lowest BCUT2D eigenvalue weighted by Crippen LogP contribution is -2.25. The van der Waals surface area contributed by atoms with Gasteiger partial charge in [0, 0.05) is 37.8 Å². The highest BCUT2D eigenvalue weighted by atomic mass is 16.2. The van der Waals surface area contributed by atoms with Gasteiger partial charge in [0.25, 0.3) is 5.91 Å². The molecule has 6 heteroatoms. The van der Waals surface area contributed by atoms with Crippen LogP contribution in [0.4, 0.5) is 5.69 Å². The quantitative estimate of drug-likeness (QED) is 0.940. The van der Waals surface area contributed by atoms with Crippen molar-refractivity contribution in [1.29, 1.82) is 0 Å². The number of hydrogen-bond donors (Lipinski definition) is 1. The Bertz CT molecular complexity index is 761. The van der Waals surface area contributed by atoms with Crippen LogP contribution in [-0.2, 0) is 4.79 Å². The fraction of sp³-hybridized carbons (Fsp3) is 0.333. The Kier molecular flexibility index (Phi) is 4.55. The van der Waals surface area contributed by atoms with E-state index in [0.717, 1.165) is 18.7 Å². The van der Waals surface area contributed by atoms with Crippen molar-refractivity contribution in [2.45, 2.75) is 26.2 Å². The van der Waals surface area contributed by atoms with Gasteiger partial charge in [0.15, 0.2) is 0 Å². The standard InChI is InChI=1S/C18H20N4O2/c1-12-16(18(24)21-15-6-4-3-5-7-15)10-19-17(20-12)14-8-9-22(11-14)13(2)23/h3-7,10,14H,8-9,11H2,1-2H3,(H,21,24). The number of nitrogens with one attached hydrogen (secondary N) is 1. The number of aryl methyl sites for hydroxylation is 1. The second-order valence-electron chi connectivity index (χ2n) is 6.00. The van der Waals surface area contributed by atoms with Crippen LogP contribution in [0.25, 0.3) is 0 Å². The maximum atomic E-state index is 12.4. The number of aromatic nitrogens is 2. The van der Waals surface area contributed by atoms with Gasteiger partial charge < -0.3 is 10.2 Å². The number of carbonyl (C=O) groups is 2. The molecule has 2 amide bonds. The molecule has 2 heterocycles. The molecule has 0 spiro atoms. The summed E-state index contributed by atoms with van der Waals surface area (Å²) in [5.74, 6) is 0.696. The molecule has 1 aromatic carbocycles. The van der Waals surface area contributed by atoms with E-state index in [9.17, 15) is 9.59 Å². The number of likely N-dealkylation sites (tertiary alicyclic amines) is 1. The first kappa shape index (κ1) is 16.1. The third kappa shape index (κ3) is 3.42. The highest BCUT2D eigenvalue weighted by Gasteiger charge is 2.28. The summed E-state index contributed by atoms with van der Waals surface area (Å²) in [5.41, 5.74) is 1.84. The molecule has 6 nitrogen and oxygen atoms in total. The largest absolute Gasteiger partial charge is 0.342 e. The van der Waals surface area contributed by atoms with Crippen LogP contribution in [0.5, 0.6) is 0 Å². The lowest BCUT2D eigenvalue weighted by Gasteiger charge is -2.14. The second-order valence-corrected chi connectivity index (χ2v) is 6.00. The molecule has 0 bridgehead atoms. The molecule has 1 aromatic heterocycles. The summed E-state index contributed by atoms with van der Waals surface area (Å²) in [4.78, 5) is 34.5. The van der Waals surface area contributed by atoms with E-state index in [1.54, 1.807) is 18.0 Å². The molecule has 1 N–H and O–H groups in total. The molecule has 1 fully saturated rings. The fourth-order valence-corrected chi connectivity index (χ4v) is 2.88. The zero-order valence-electron chi connectivity index (χ0n) is 13.8. The predicted molar refractivity (Wildman–Crippen MR) is 90.8 cm³/mol. The van der Waals surface area contributed by atoms with Gasteiger partial charge in [-0.1, -0.05) is 18.2 Å². The molecular formula is C18H20N4O2. The lowest BCUT2D eigenvalue weighted by atomic mass is 10.1. The molecule has 24 heavy (non-hydrogen) atoms. The molecule has 1 atom stereocenters. The number of nitrogens with zero attached hydrogens (tertiary/aromatic N) is 3. The van der Waals surface area contributed by atoms with E-state index in [-0.39, 0.29) is 17.7 Å². The summed E-state index contributed by atoms with van der Waals surface area (Å²) in [5, 5.41) is 2.84. The Labute approximate surface area is 140 Å². The topological polar surface area (TPSA) is 75.2 Å². The zero-order valence-corrected chi connectivity index (χ0v) is 13.8. The number of anilines is 1. The Morgan fingerprint density at radius 1 is 1.25 bits per heavy atom. The smallest absolute Gasteiger partial charge is 0.259 e. The minimum absolute atomic E-state index is 0.0769.